The third-order valence-electron chi connectivity index (χ3n) is 3.34. The Labute approximate surface area is 114 Å². The Kier molecular flexibility index (Phi) is 4.25. The summed E-state index contributed by atoms with van der Waals surface area (Å²) in [5, 5.41) is 4.20. The number of fused-ring (bicyclic) bond motifs is 1. The van der Waals surface area contributed by atoms with Crippen LogP contribution >= 0.6 is 0 Å². The van der Waals surface area contributed by atoms with Crippen molar-refractivity contribution in [1.29, 1.82) is 0 Å². The molecule has 2 N–H and O–H groups in total. The van der Waals surface area contributed by atoms with E-state index in [4.69, 9.17) is 0 Å². The van der Waals surface area contributed by atoms with E-state index in [2.05, 4.69) is 43.2 Å². The zero-order chi connectivity index (χ0) is 13.8. The molecule has 2 rings (SSSR count). The summed E-state index contributed by atoms with van der Waals surface area (Å²) in [4.78, 5) is 15.1. The molecule has 0 radical (unpaired) electrons. The molecule has 19 heavy (non-hydrogen) atoms. The quantitative estimate of drug-likeness (QED) is 0.850. The fourth-order valence-corrected chi connectivity index (χ4v) is 2.30. The van der Waals surface area contributed by atoms with Gasteiger partial charge in [-0.2, -0.15) is 0 Å². The molecule has 1 aromatic carbocycles. The van der Waals surface area contributed by atoms with E-state index in [1.807, 2.05) is 12.1 Å². The third-order valence-corrected chi connectivity index (χ3v) is 3.34. The number of carbonyl (C=O) groups is 1. The third kappa shape index (κ3) is 3.37. The second-order valence-corrected chi connectivity index (χ2v) is 5.47. The summed E-state index contributed by atoms with van der Waals surface area (Å²) >= 11 is 0. The molecular formula is C16H22N2O. The van der Waals surface area contributed by atoms with Gasteiger partial charge >= 0.3 is 0 Å². The standard InChI is InChI=1S/C16H22N2O/c1-11(2)10-17-16(19)9-8-13-12(3)18-15-7-5-4-6-14(13)15/h4-7,11,18H,8-10H2,1-3H3,(H,17,19). The van der Waals surface area contributed by atoms with Crippen LogP contribution in [0.15, 0.2) is 24.3 Å². The predicted molar refractivity (Wildman–Crippen MR) is 79.2 cm³/mol. The van der Waals surface area contributed by atoms with Crippen molar-refractivity contribution in [2.45, 2.75) is 33.6 Å². The van der Waals surface area contributed by atoms with Crippen LogP contribution in [0.1, 0.15) is 31.5 Å². The summed E-state index contributed by atoms with van der Waals surface area (Å²) in [6.07, 6.45) is 1.34. The molecule has 0 unspecified atom stereocenters. The molecule has 2 aromatic rings. The number of amides is 1. The molecule has 3 heteroatoms. The summed E-state index contributed by atoms with van der Waals surface area (Å²) in [6.45, 7) is 7.03. The molecule has 0 aliphatic heterocycles. The van der Waals surface area contributed by atoms with Gasteiger partial charge in [-0.3, -0.25) is 4.79 Å². The van der Waals surface area contributed by atoms with Crippen LogP contribution < -0.4 is 5.32 Å². The first kappa shape index (κ1) is 13.7. The molecule has 0 fully saturated rings. The van der Waals surface area contributed by atoms with E-state index in [1.54, 1.807) is 0 Å². The average molecular weight is 258 g/mol. The van der Waals surface area contributed by atoms with Gasteiger partial charge in [0.1, 0.15) is 0 Å². The number of benzene rings is 1. The predicted octanol–water partition coefficient (Wildman–Crippen LogP) is 3.18. The first-order valence-electron chi connectivity index (χ1n) is 6.91. The van der Waals surface area contributed by atoms with E-state index >= 15 is 0 Å². The highest BCUT2D eigenvalue weighted by molar-refractivity contribution is 5.85. The lowest BCUT2D eigenvalue weighted by Gasteiger charge is -2.07. The molecule has 0 aliphatic rings. The van der Waals surface area contributed by atoms with Crippen molar-refractivity contribution in [3.8, 4) is 0 Å². The number of hydrogen-bond acceptors (Lipinski definition) is 1. The van der Waals surface area contributed by atoms with E-state index in [1.165, 1.54) is 10.9 Å². The number of aryl methyl sites for hydroxylation is 2. The molecule has 0 saturated heterocycles. The Hall–Kier alpha value is -1.77. The molecular weight excluding hydrogens is 236 g/mol. The van der Waals surface area contributed by atoms with Crippen LogP contribution in [-0.4, -0.2) is 17.4 Å². The normalized spacial score (nSPS) is 11.2. The zero-order valence-electron chi connectivity index (χ0n) is 11.9. The van der Waals surface area contributed by atoms with Crippen LogP contribution in [0, 0.1) is 12.8 Å². The van der Waals surface area contributed by atoms with Gasteiger partial charge < -0.3 is 10.3 Å². The lowest BCUT2D eigenvalue weighted by Crippen LogP contribution is -2.27. The summed E-state index contributed by atoms with van der Waals surface area (Å²) in [5.74, 6) is 0.636. The summed E-state index contributed by atoms with van der Waals surface area (Å²) in [6, 6.07) is 8.25. The van der Waals surface area contributed by atoms with Crippen molar-refractivity contribution in [1.82, 2.24) is 10.3 Å². The highest BCUT2D eigenvalue weighted by atomic mass is 16.1. The monoisotopic (exact) mass is 258 g/mol. The maximum absolute atomic E-state index is 11.8. The van der Waals surface area contributed by atoms with Gasteiger partial charge in [-0.25, -0.2) is 0 Å². The Morgan fingerprint density at radius 2 is 2.05 bits per heavy atom. The minimum atomic E-state index is 0.137. The second-order valence-electron chi connectivity index (χ2n) is 5.47. The fraction of sp³-hybridized carbons (Fsp3) is 0.438. The second kappa shape index (κ2) is 5.91. The number of H-pyrrole nitrogens is 1. The molecule has 3 nitrogen and oxygen atoms in total. The molecule has 1 aromatic heterocycles. The van der Waals surface area contributed by atoms with E-state index in [9.17, 15) is 4.79 Å². The van der Waals surface area contributed by atoms with Gasteiger partial charge in [-0.15, -0.1) is 0 Å². The smallest absolute Gasteiger partial charge is 0.220 e. The number of aromatic nitrogens is 1. The van der Waals surface area contributed by atoms with Crippen LogP contribution in [0.4, 0.5) is 0 Å². The number of hydrogen-bond donors (Lipinski definition) is 2. The highest BCUT2D eigenvalue weighted by Gasteiger charge is 2.10. The first-order valence-corrected chi connectivity index (χ1v) is 6.91. The van der Waals surface area contributed by atoms with Crippen LogP contribution in [0.2, 0.25) is 0 Å². The maximum Gasteiger partial charge on any atom is 0.220 e. The lowest BCUT2D eigenvalue weighted by molar-refractivity contribution is -0.121. The van der Waals surface area contributed by atoms with E-state index < -0.39 is 0 Å². The van der Waals surface area contributed by atoms with Crippen LogP contribution in [0.3, 0.4) is 0 Å². The minimum absolute atomic E-state index is 0.137. The van der Waals surface area contributed by atoms with Gasteiger partial charge in [-0.1, -0.05) is 32.0 Å². The van der Waals surface area contributed by atoms with Crippen LogP contribution in [0.5, 0.6) is 0 Å². The highest BCUT2D eigenvalue weighted by Crippen LogP contribution is 2.22. The summed E-state index contributed by atoms with van der Waals surface area (Å²) in [7, 11) is 0. The van der Waals surface area contributed by atoms with E-state index in [0.717, 1.165) is 24.2 Å². The van der Waals surface area contributed by atoms with Gasteiger partial charge in [-0.05, 0) is 30.9 Å². The van der Waals surface area contributed by atoms with Gasteiger partial charge in [0, 0.05) is 29.6 Å². The van der Waals surface area contributed by atoms with Crippen LogP contribution in [0.25, 0.3) is 10.9 Å². The average Bonchev–Trinajstić information content (AvgIpc) is 2.69. The van der Waals surface area contributed by atoms with Crippen molar-refractivity contribution in [3.63, 3.8) is 0 Å². The molecule has 0 spiro atoms. The Bertz CT molecular complexity index is 569. The van der Waals surface area contributed by atoms with E-state index in [-0.39, 0.29) is 5.91 Å². The number of aromatic amines is 1. The summed E-state index contributed by atoms with van der Waals surface area (Å²) < 4.78 is 0. The molecule has 1 heterocycles. The molecule has 0 aliphatic carbocycles. The number of nitrogens with one attached hydrogen (secondary N) is 2. The Morgan fingerprint density at radius 3 is 2.79 bits per heavy atom. The van der Waals surface area contributed by atoms with Gasteiger partial charge in [0.05, 0.1) is 0 Å². The van der Waals surface area contributed by atoms with Gasteiger partial charge in [0.2, 0.25) is 5.91 Å². The minimum Gasteiger partial charge on any atom is -0.358 e. The molecule has 0 atom stereocenters. The zero-order valence-corrected chi connectivity index (χ0v) is 11.9. The van der Waals surface area contributed by atoms with E-state index in [0.29, 0.717) is 12.3 Å². The van der Waals surface area contributed by atoms with Crippen molar-refractivity contribution in [3.05, 3.63) is 35.5 Å². The molecule has 1 amide bonds. The fourth-order valence-electron chi connectivity index (χ4n) is 2.30. The van der Waals surface area contributed by atoms with Crippen molar-refractivity contribution < 1.29 is 4.79 Å². The Morgan fingerprint density at radius 1 is 1.32 bits per heavy atom. The SMILES string of the molecule is Cc1[nH]c2ccccc2c1CCC(=O)NCC(C)C. The number of rotatable bonds is 5. The number of carbonyl (C=O) groups excluding carboxylic acids is 1. The summed E-state index contributed by atoms with van der Waals surface area (Å²) in [5.41, 5.74) is 3.57. The van der Waals surface area contributed by atoms with Crippen molar-refractivity contribution in [2.75, 3.05) is 6.54 Å². The molecule has 102 valence electrons. The van der Waals surface area contributed by atoms with Gasteiger partial charge in [0.25, 0.3) is 0 Å². The Balaban J connectivity index is 2.01. The van der Waals surface area contributed by atoms with Crippen molar-refractivity contribution >= 4 is 16.8 Å². The van der Waals surface area contributed by atoms with Gasteiger partial charge in [0.15, 0.2) is 0 Å². The number of para-hydroxylation sites is 1. The topological polar surface area (TPSA) is 44.9 Å². The van der Waals surface area contributed by atoms with Crippen LogP contribution in [-0.2, 0) is 11.2 Å². The first-order chi connectivity index (χ1) is 9.08. The molecule has 0 saturated carbocycles. The van der Waals surface area contributed by atoms with Crippen molar-refractivity contribution in [2.24, 2.45) is 5.92 Å². The maximum atomic E-state index is 11.8. The lowest BCUT2D eigenvalue weighted by atomic mass is 10.1. The molecule has 0 bridgehead atoms. The largest absolute Gasteiger partial charge is 0.358 e.